The summed E-state index contributed by atoms with van der Waals surface area (Å²) >= 11 is 14.2. The van der Waals surface area contributed by atoms with Gasteiger partial charge in [0, 0.05) is 29.3 Å². The van der Waals surface area contributed by atoms with Crippen LogP contribution in [0.2, 0.25) is 5.02 Å². The Morgan fingerprint density at radius 1 is 1.25 bits per heavy atom. The molecule has 40 heavy (non-hydrogen) atoms. The zero-order valence-corrected chi connectivity index (χ0v) is 25.3. The number of carbonyl (C=O) groups is 2. The molecule has 0 atom stereocenters. The van der Waals surface area contributed by atoms with Gasteiger partial charge in [-0.15, -0.1) is 0 Å². The first kappa shape index (κ1) is 29.8. The third-order valence-electron chi connectivity index (χ3n) is 5.76. The minimum atomic E-state index is -1.15. The van der Waals surface area contributed by atoms with Gasteiger partial charge in [-0.2, -0.15) is 5.10 Å². The fourth-order valence-corrected chi connectivity index (χ4v) is 6.49. The number of Topliss-reactive ketones (excluding diaryl/α,β-unsaturated/α-hetero) is 1. The van der Waals surface area contributed by atoms with Crippen LogP contribution in [0.25, 0.3) is 10.9 Å². The van der Waals surface area contributed by atoms with Crippen molar-refractivity contribution in [3.63, 3.8) is 0 Å². The van der Waals surface area contributed by atoms with E-state index in [0.717, 1.165) is 0 Å². The minimum Gasteiger partial charge on any atom is -0.492 e. The smallest absolute Gasteiger partial charge is 0.251 e. The summed E-state index contributed by atoms with van der Waals surface area (Å²) in [5.74, 6) is 0.639. The van der Waals surface area contributed by atoms with Crippen LogP contribution in [0.4, 0.5) is 21.6 Å². The Hall–Kier alpha value is -3.13. The number of benzene rings is 2. The van der Waals surface area contributed by atoms with Gasteiger partial charge in [-0.1, -0.05) is 34.7 Å². The van der Waals surface area contributed by atoms with Crippen LogP contribution in [-0.4, -0.2) is 43.8 Å². The van der Waals surface area contributed by atoms with Crippen molar-refractivity contribution in [3.8, 4) is 5.75 Å². The second kappa shape index (κ2) is 12.6. The number of halogens is 2. The topological polar surface area (TPSA) is 111 Å². The number of anilines is 3. The van der Waals surface area contributed by atoms with Crippen LogP contribution in [0, 0.1) is 9.77 Å². The van der Waals surface area contributed by atoms with Crippen molar-refractivity contribution in [2.45, 2.75) is 44.0 Å². The Bertz CT molecular complexity index is 1640. The monoisotopic (exact) mass is 620 g/mol. The second-order valence-electron chi connectivity index (χ2n) is 9.13. The molecule has 2 aromatic heterocycles. The van der Waals surface area contributed by atoms with Gasteiger partial charge < -0.3 is 15.4 Å². The van der Waals surface area contributed by atoms with Gasteiger partial charge in [-0.25, -0.2) is 19.0 Å². The molecule has 0 fully saturated rings. The molecule has 1 amide bonds. The zero-order chi connectivity index (χ0) is 29.0. The normalized spacial score (nSPS) is 11.4. The molecule has 0 radical (unpaired) electrons. The lowest BCUT2D eigenvalue weighted by atomic mass is 10.0. The van der Waals surface area contributed by atoms with Gasteiger partial charge >= 0.3 is 0 Å². The summed E-state index contributed by atoms with van der Waals surface area (Å²) in [4.78, 5) is 33.6. The van der Waals surface area contributed by atoms with Crippen LogP contribution in [0.15, 0.2) is 41.0 Å². The highest BCUT2D eigenvalue weighted by Gasteiger charge is 2.33. The third-order valence-corrected chi connectivity index (χ3v) is 8.42. The summed E-state index contributed by atoms with van der Waals surface area (Å²) in [7, 11) is 0. The largest absolute Gasteiger partial charge is 0.492 e. The summed E-state index contributed by atoms with van der Waals surface area (Å²) in [6, 6.07) is 7.68. The van der Waals surface area contributed by atoms with Crippen molar-refractivity contribution in [3.05, 3.63) is 51.5 Å². The van der Waals surface area contributed by atoms with E-state index in [9.17, 15) is 14.0 Å². The third kappa shape index (κ3) is 6.77. The predicted octanol–water partition coefficient (Wildman–Crippen LogP) is 7.00. The Morgan fingerprint density at radius 2 is 2.02 bits per heavy atom. The molecular weight excluding hydrogens is 595 g/mol. The number of fused-ring (bicyclic) bond motifs is 1. The summed E-state index contributed by atoms with van der Waals surface area (Å²) < 4.78 is 22.1. The van der Waals surface area contributed by atoms with Gasteiger partial charge in [0.05, 0.1) is 22.8 Å². The molecule has 0 spiro atoms. The molecule has 14 heteroatoms. The average Bonchev–Trinajstić information content (AvgIpc) is 3.27. The van der Waals surface area contributed by atoms with Crippen molar-refractivity contribution >= 4 is 86.7 Å². The molecule has 0 aliphatic heterocycles. The molecule has 0 aliphatic carbocycles. The van der Waals surface area contributed by atoms with E-state index in [0.29, 0.717) is 60.9 Å². The lowest BCUT2D eigenvalue weighted by Crippen LogP contribution is -2.41. The summed E-state index contributed by atoms with van der Waals surface area (Å²) in [5, 5.41) is 11.2. The molecule has 0 unspecified atom stereocenters. The highest BCUT2D eigenvalue weighted by molar-refractivity contribution is 8.01. The van der Waals surface area contributed by atoms with Gasteiger partial charge in [0.25, 0.3) is 5.91 Å². The molecule has 0 bridgehead atoms. The molecular formula is C26H26ClFN6O3S3. The van der Waals surface area contributed by atoms with Crippen LogP contribution in [0.3, 0.4) is 0 Å². The molecule has 0 saturated heterocycles. The first-order valence-corrected chi connectivity index (χ1v) is 14.8. The van der Waals surface area contributed by atoms with E-state index in [4.69, 9.17) is 28.6 Å². The maximum atomic E-state index is 13.6. The van der Waals surface area contributed by atoms with Gasteiger partial charge in [0.15, 0.2) is 8.29 Å². The number of nitrogens with zero attached hydrogens (tertiary/aromatic N) is 4. The van der Waals surface area contributed by atoms with E-state index < -0.39 is 11.4 Å². The number of aromatic nitrogens is 4. The van der Waals surface area contributed by atoms with Crippen molar-refractivity contribution in [2.75, 3.05) is 23.0 Å². The van der Waals surface area contributed by atoms with Crippen LogP contribution in [0.1, 0.15) is 34.1 Å². The lowest BCUT2D eigenvalue weighted by molar-refractivity contribution is -0.123. The van der Waals surface area contributed by atoms with Gasteiger partial charge in [-0.05, 0) is 64.2 Å². The molecule has 2 aromatic carbocycles. The Labute approximate surface area is 248 Å². The number of ketones is 1. The number of nitrogens with one attached hydrogen (secondary N) is 2. The Balaban J connectivity index is 1.65. The van der Waals surface area contributed by atoms with Gasteiger partial charge in [0.1, 0.15) is 35.0 Å². The maximum Gasteiger partial charge on any atom is 0.251 e. The van der Waals surface area contributed by atoms with E-state index >= 15 is 0 Å². The van der Waals surface area contributed by atoms with Crippen LogP contribution < -0.4 is 15.4 Å². The average molecular weight is 621 g/mol. The van der Waals surface area contributed by atoms with Gasteiger partial charge in [-0.3, -0.25) is 9.59 Å². The van der Waals surface area contributed by atoms with Gasteiger partial charge in [0.2, 0.25) is 0 Å². The van der Waals surface area contributed by atoms with Crippen molar-refractivity contribution in [1.29, 1.82) is 0 Å². The quantitative estimate of drug-likeness (QED) is 0.135. The number of amides is 1. The number of ether oxygens (including phenoxy) is 1. The minimum absolute atomic E-state index is 0.0294. The fourth-order valence-electron chi connectivity index (χ4n) is 3.59. The van der Waals surface area contributed by atoms with Crippen LogP contribution in [0.5, 0.6) is 5.75 Å². The second-order valence-corrected chi connectivity index (χ2v) is 12.5. The number of carbonyl (C=O) groups excluding carboxylic acids is 2. The van der Waals surface area contributed by atoms with E-state index in [1.54, 1.807) is 39.0 Å². The molecule has 4 aromatic rings. The summed E-state index contributed by atoms with van der Waals surface area (Å²) in [6.07, 6.45) is 1.82. The SMILES string of the molecule is CCOc1cc2ncnc(Nc3ccc(F)c(Cl)c3)c2cc1NC(=O)C(C)(C)n1nc(SCCC(C)=O)sc1=S. The number of hydrogen-bond acceptors (Lipinski definition) is 10. The zero-order valence-electron chi connectivity index (χ0n) is 22.1. The van der Waals surface area contributed by atoms with Crippen molar-refractivity contribution < 1.29 is 18.7 Å². The predicted molar refractivity (Wildman–Crippen MR) is 160 cm³/mol. The first-order valence-electron chi connectivity index (χ1n) is 12.2. The summed E-state index contributed by atoms with van der Waals surface area (Å²) in [6.45, 7) is 7.18. The van der Waals surface area contributed by atoms with E-state index in [1.165, 1.54) is 46.2 Å². The van der Waals surface area contributed by atoms with E-state index in [-0.39, 0.29) is 16.7 Å². The number of rotatable bonds is 11. The number of hydrogen-bond donors (Lipinski definition) is 2. The highest BCUT2D eigenvalue weighted by Crippen LogP contribution is 2.35. The molecule has 9 nitrogen and oxygen atoms in total. The molecule has 0 aliphatic rings. The van der Waals surface area contributed by atoms with E-state index in [2.05, 4.69) is 25.7 Å². The van der Waals surface area contributed by atoms with Crippen LogP contribution >= 0.6 is 46.9 Å². The van der Waals surface area contributed by atoms with E-state index in [1.807, 2.05) is 6.92 Å². The molecule has 4 rings (SSSR count). The van der Waals surface area contributed by atoms with Crippen molar-refractivity contribution in [2.24, 2.45) is 0 Å². The van der Waals surface area contributed by atoms with Crippen molar-refractivity contribution in [1.82, 2.24) is 19.7 Å². The first-order chi connectivity index (χ1) is 19.0. The molecule has 2 heterocycles. The Morgan fingerprint density at radius 3 is 2.73 bits per heavy atom. The highest BCUT2D eigenvalue weighted by atomic mass is 35.5. The lowest BCUT2D eigenvalue weighted by Gasteiger charge is -2.24. The Kier molecular flexibility index (Phi) is 9.39. The molecule has 210 valence electrons. The fraction of sp³-hybridized carbons (Fsp3) is 0.308. The standard InChI is InChI=1S/C26H26ClFN6O3S3/c1-5-37-21-12-19-16(22(30-13-29-19)31-15-6-7-18(28)17(27)10-15)11-20(21)32-23(36)26(3,4)34-25(38)40-24(33-34)39-9-8-14(2)35/h6-7,10-13H,5,8-9H2,1-4H3,(H,32,36)(H,29,30,31). The van der Waals surface area contributed by atoms with Crippen LogP contribution in [-0.2, 0) is 15.1 Å². The summed E-state index contributed by atoms with van der Waals surface area (Å²) in [5.41, 5.74) is 0.354. The molecule has 0 saturated carbocycles. The molecule has 2 N–H and O–H groups in total. The maximum absolute atomic E-state index is 13.6. The number of thioether (sulfide) groups is 1.